The van der Waals surface area contributed by atoms with Gasteiger partial charge in [0.1, 0.15) is 0 Å². The van der Waals surface area contributed by atoms with Crippen LogP contribution in [0.3, 0.4) is 0 Å². The number of piperazine rings is 1. The van der Waals surface area contributed by atoms with Crippen LogP contribution < -0.4 is 5.32 Å². The van der Waals surface area contributed by atoms with Gasteiger partial charge in [0.2, 0.25) is 0 Å². The Kier molecular flexibility index (Phi) is 4.22. The van der Waals surface area contributed by atoms with Crippen LogP contribution in [0.15, 0.2) is 27.1 Å². The van der Waals surface area contributed by atoms with E-state index in [0.717, 1.165) is 34.1 Å². The molecule has 1 aliphatic heterocycles. The number of hydrogen-bond donors (Lipinski definition) is 1. The zero-order chi connectivity index (χ0) is 12.4. The third-order valence-corrected chi connectivity index (χ3v) is 3.97. The molecule has 0 aliphatic carbocycles. The molecular weight excluding hydrogens is 348 g/mol. The smallest absolute Gasteiger partial charge is 0.255 e. The summed E-state index contributed by atoms with van der Waals surface area (Å²) >= 11 is 6.82. The summed E-state index contributed by atoms with van der Waals surface area (Å²) in [6.45, 7) is 4.49. The first-order valence-corrected chi connectivity index (χ1v) is 7.14. The van der Waals surface area contributed by atoms with E-state index in [9.17, 15) is 4.79 Å². The first-order valence-electron chi connectivity index (χ1n) is 5.55. The molecule has 1 aliphatic rings. The number of carbonyl (C=O) groups excluding carboxylic acids is 1. The van der Waals surface area contributed by atoms with Crippen LogP contribution in [0.5, 0.6) is 0 Å². The molecule has 0 aromatic heterocycles. The van der Waals surface area contributed by atoms with Crippen LogP contribution in [0.2, 0.25) is 0 Å². The van der Waals surface area contributed by atoms with Crippen LogP contribution in [0.4, 0.5) is 0 Å². The Morgan fingerprint density at radius 1 is 1.47 bits per heavy atom. The highest BCUT2D eigenvalue weighted by Crippen LogP contribution is 2.23. The van der Waals surface area contributed by atoms with E-state index in [1.165, 1.54) is 0 Å². The van der Waals surface area contributed by atoms with Crippen molar-refractivity contribution in [2.75, 3.05) is 19.6 Å². The maximum Gasteiger partial charge on any atom is 0.255 e. The highest BCUT2D eigenvalue weighted by molar-refractivity contribution is 9.11. The lowest BCUT2D eigenvalue weighted by molar-refractivity contribution is 0.0708. The number of nitrogens with one attached hydrogen (secondary N) is 1. The lowest BCUT2D eigenvalue weighted by Crippen LogP contribution is -2.51. The van der Waals surface area contributed by atoms with Crippen molar-refractivity contribution in [2.24, 2.45) is 0 Å². The van der Waals surface area contributed by atoms with Crippen molar-refractivity contribution in [3.63, 3.8) is 0 Å². The Balaban J connectivity index is 2.18. The molecule has 0 unspecified atom stereocenters. The lowest BCUT2D eigenvalue weighted by atomic mass is 10.1. The number of carbonyl (C=O) groups is 1. The highest BCUT2D eigenvalue weighted by Gasteiger charge is 2.22. The maximum absolute atomic E-state index is 12.3. The zero-order valence-electron chi connectivity index (χ0n) is 9.54. The summed E-state index contributed by atoms with van der Waals surface area (Å²) in [6, 6.07) is 6.01. The topological polar surface area (TPSA) is 32.3 Å². The average Bonchev–Trinajstić information content (AvgIpc) is 2.28. The number of amides is 1. The van der Waals surface area contributed by atoms with Crippen molar-refractivity contribution in [1.29, 1.82) is 0 Å². The van der Waals surface area contributed by atoms with Crippen LogP contribution in [-0.2, 0) is 0 Å². The largest absolute Gasteiger partial charge is 0.336 e. The first kappa shape index (κ1) is 13.1. The minimum atomic E-state index is 0.0951. The van der Waals surface area contributed by atoms with Crippen molar-refractivity contribution in [3.05, 3.63) is 32.7 Å². The molecule has 0 radical (unpaired) electrons. The van der Waals surface area contributed by atoms with Crippen molar-refractivity contribution in [1.82, 2.24) is 10.2 Å². The van der Waals surface area contributed by atoms with E-state index in [1.807, 2.05) is 23.1 Å². The van der Waals surface area contributed by atoms with Crippen LogP contribution in [-0.4, -0.2) is 36.5 Å². The van der Waals surface area contributed by atoms with E-state index < -0.39 is 0 Å². The van der Waals surface area contributed by atoms with E-state index in [2.05, 4.69) is 44.1 Å². The summed E-state index contributed by atoms with van der Waals surface area (Å²) in [5.41, 5.74) is 0.724. The average molecular weight is 362 g/mol. The molecule has 1 aromatic rings. The van der Waals surface area contributed by atoms with E-state index in [-0.39, 0.29) is 5.91 Å². The zero-order valence-corrected chi connectivity index (χ0v) is 12.7. The fourth-order valence-corrected chi connectivity index (χ4v) is 3.17. The second kappa shape index (κ2) is 5.50. The second-order valence-electron chi connectivity index (χ2n) is 4.23. The van der Waals surface area contributed by atoms with Gasteiger partial charge in [-0.25, -0.2) is 0 Å². The quantitative estimate of drug-likeness (QED) is 0.833. The van der Waals surface area contributed by atoms with Crippen LogP contribution in [0.25, 0.3) is 0 Å². The Morgan fingerprint density at radius 3 is 2.88 bits per heavy atom. The first-order chi connectivity index (χ1) is 8.08. The fourth-order valence-electron chi connectivity index (χ4n) is 1.95. The molecule has 1 saturated heterocycles. The monoisotopic (exact) mass is 360 g/mol. The predicted molar refractivity (Wildman–Crippen MR) is 75.2 cm³/mol. The van der Waals surface area contributed by atoms with E-state index in [4.69, 9.17) is 0 Å². The molecule has 92 valence electrons. The maximum atomic E-state index is 12.3. The van der Waals surface area contributed by atoms with Gasteiger partial charge in [-0.15, -0.1) is 0 Å². The normalized spacial score (nSPS) is 20.4. The predicted octanol–water partition coefficient (Wildman–Crippen LogP) is 2.65. The number of benzene rings is 1. The second-order valence-corrected chi connectivity index (χ2v) is 6.00. The fraction of sp³-hybridized carbons (Fsp3) is 0.417. The lowest BCUT2D eigenvalue weighted by Gasteiger charge is -2.32. The summed E-state index contributed by atoms with van der Waals surface area (Å²) in [4.78, 5) is 14.2. The molecular formula is C12H14Br2N2O. The molecule has 1 amide bonds. The molecule has 0 spiro atoms. The molecule has 1 aromatic carbocycles. The summed E-state index contributed by atoms with van der Waals surface area (Å²) in [7, 11) is 0. The molecule has 1 fully saturated rings. The number of rotatable bonds is 1. The van der Waals surface area contributed by atoms with Gasteiger partial charge in [0.15, 0.2) is 0 Å². The molecule has 1 N–H and O–H groups in total. The molecule has 1 atom stereocenters. The standard InChI is InChI=1S/C12H14Br2N2O/c1-8-7-16(5-4-15-8)12(17)10-3-2-9(13)6-11(10)14/h2-3,6,8,15H,4-5,7H2,1H3/t8-/m0/s1. The number of hydrogen-bond acceptors (Lipinski definition) is 2. The summed E-state index contributed by atoms with van der Waals surface area (Å²) in [6.07, 6.45) is 0. The molecule has 5 heteroatoms. The summed E-state index contributed by atoms with van der Waals surface area (Å²) < 4.78 is 1.80. The van der Waals surface area contributed by atoms with Gasteiger partial charge in [-0.05, 0) is 41.1 Å². The van der Waals surface area contributed by atoms with Crippen molar-refractivity contribution in [2.45, 2.75) is 13.0 Å². The minimum Gasteiger partial charge on any atom is -0.336 e. The third-order valence-electron chi connectivity index (χ3n) is 2.82. The highest BCUT2D eigenvalue weighted by atomic mass is 79.9. The van der Waals surface area contributed by atoms with Gasteiger partial charge >= 0.3 is 0 Å². The van der Waals surface area contributed by atoms with Gasteiger partial charge in [0, 0.05) is 34.6 Å². The van der Waals surface area contributed by atoms with Crippen LogP contribution in [0.1, 0.15) is 17.3 Å². The van der Waals surface area contributed by atoms with E-state index >= 15 is 0 Å². The third kappa shape index (κ3) is 3.09. The van der Waals surface area contributed by atoms with E-state index in [0.29, 0.717) is 6.04 Å². The summed E-state index contributed by atoms with van der Waals surface area (Å²) in [5, 5.41) is 3.33. The van der Waals surface area contributed by atoms with Gasteiger partial charge in [0.25, 0.3) is 5.91 Å². The number of nitrogens with zero attached hydrogens (tertiary/aromatic N) is 1. The Morgan fingerprint density at radius 2 is 2.24 bits per heavy atom. The molecule has 1 heterocycles. The van der Waals surface area contributed by atoms with Gasteiger partial charge in [-0.2, -0.15) is 0 Å². The Labute approximate surface area is 118 Å². The van der Waals surface area contributed by atoms with Gasteiger partial charge < -0.3 is 10.2 Å². The van der Waals surface area contributed by atoms with Crippen LogP contribution >= 0.6 is 31.9 Å². The van der Waals surface area contributed by atoms with Gasteiger partial charge in [-0.1, -0.05) is 15.9 Å². The molecule has 0 bridgehead atoms. The molecule has 17 heavy (non-hydrogen) atoms. The van der Waals surface area contributed by atoms with Crippen LogP contribution in [0, 0.1) is 0 Å². The summed E-state index contributed by atoms with van der Waals surface area (Å²) in [5.74, 6) is 0.0951. The van der Waals surface area contributed by atoms with Gasteiger partial charge in [0.05, 0.1) is 5.56 Å². The molecule has 2 rings (SSSR count). The SMILES string of the molecule is C[C@H]1CN(C(=O)c2ccc(Br)cc2Br)CCN1. The van der Waals surface area contributed by atoms with Crippen molar-refractivity contribution in [3.8, 4) is 0 Å². The van der Waals surface area contributed by atoms with Crippen molar-refractivity contribution < 1.29 is 4.79 Å². The molecule has 3 nitrogen and oxygen atoms in total. The molecule has 0 saturated carbocycles. The number of halogens is 2. The van der Waals surface area contributed by atoms with Gasteiger partial charge in [-0.3, -0.25) is 4.79 Å². The Bertz CT molecular complexity index is 437. The van der Waals surface area contributed by atoms with Crippen molar-refractivity contribution >= 4 is 37.8 Å². The van der Waals surface area contributed by atoms with E-state index in [1.54, 1.807) is 0 Å². The minimum absolute atomic E-state index is 0.0951. The Hall–Kier alpha value is -0.390.